The molecule has 5 rings (SSSR count). The summed E-state index contributed by atoms with van der Waals surface area (Å²) in [5.41, 5.74) is 0.512. The molecule has 1 aromatic heterocycles. The summed E-state index contributed by atoms with van der Waals surface area (Å²) < 4.78 is 64.9. The van der Waals surface area contributed by atoms with E-state index >= 15 is 0 Å². The van der Waals surface area contributed by atoms with Crippen LogP contribution < -0.4 is 15.8 Å². The molecule has 4 aromatic rings. The summed E-state index contributed by atoms with van der Waals surface area (Å²) in [5, 5.41) is 24.2. The second-order valence-electron chi connectivity index (χ2n) is 9.96. The maximum Gasteiger partial charge on any atom is 0.435 e. The van der Waals surface area contributed by atoms with Gasteiger partial charge in [0.2, 0.25) is 10.0 Å². The van der Waals surface area contributed by atoms with Gasteiger partial charge >= 0.3 is 6.18 Å². The Labute approximate surface area is 239 Å². The summed E-state index contributed by atoms with van der Waals surface area (Å²) in [5.74, 6) is -0.306. The third-order valence-corrected chi connectivity index (χ3v) is 7.71. The summed E-state index contributed by atoms with van der Waals surface area (Å²) in [7, 11) is -3.87. The molecule has 1 heterocycles. The van der Waals surface area contributed by atoms with Crippen LogP contribution >= 0.6 is 0 Å². The molecule has 0 saturated heterocycles. The van der Waals surface area contributed by atoms with Gasteiger partial charge in [-0.2, -0.15) is 23.5 Å². The van der Waals surface area contributed by atoms with E-state index in [2.05, 4.69) is 15.7 Å². The Bertz CT molecular complexity index is 1780. The fourth-order valence-electron chi connectivity index (χ4n) is 4.46. The number of sulfonamides is 1. The molecule has 1 unspecified atom stereocenters. The van der Waals surface area contributed by atoms with Gasteiger partial charge in [0.05, 0.1) is 28.3 Å². The first-order valence-electron chi connectivity index (χ1n) is 12.9. The van der Waals surface area contributed by atoms with Crippen molar-refractivity contribution in [1.82, 2.24) is 15.1 Å². The minimum absolute atomic E-state index is 0.0247. The van der Waals surface area contributed by atoms with Crippen molar-refractivity contribution < 1.29 is 26.4 Å². The van der Waals surface area contributed by atoms with E-state index in [9.17, 15) is 31.6 Å². The van der Waals surface area contributed by atoms with Crippen molar-refractivity contribution >= 4 is 21.6 Å². The zero-order valence-corrected chi connectivity index (χ0v) is 22.8. The molecule has 4 N–H and O–H groups in total. The number of benzene rings is 3. The van der Waals surface area contributed by atoms with E-state index in [1.807, 2.05) is 12.1 Å². The first-order valence-corrected chi connectivity index (χ1v) is 14.4. The van der Waals surface area contributed by atoms with Crippen molar-refractivity contribution in [2.24, 2.45) is 11.1 Å². The molecule has 3 aromatic carbocycles. The van der Waals surface area contributed by atoms with E-state index in [1.165, 1.54) is 36.4 Å². The van der Waals surface area contributed by atoms with Crippen LogP contribution in [0, 0.1) is 17.2 Å². The Morgan fingerprint density at radius 1 is 1.05 bits per heavy atom. The molecule has 0 aliphatic heterocycles. The number of anilines is 1. The van der Waals surface area contributed by atoms with Gasteiger partial charge in [0, 0.05) is 11.8 Å². The number of nitrogens with two attached hydrogens (primary N) is 1. The number of carbonyl (C=O) groups excluding carboxylic acids is 1. The van der Waals surface area contributed by atoms with Crippen LogP contribution in [0.2, 0.25) is 0 Å². The average Bonchev–Trinajstić information content (AvgIpc) is 3.66. The largest absolute Gasteiger partial charge is 0.435 e. The Morgan fingerprint density at radius 3 is 2.40 bits per heavy atom. The lowest BCUT2D eigenvalue weighted by Gasteiger charge is -2.21. The van der Waals surface area contributed by atoms with E-state index in [-0.39, 0.29) is 27.9 Å². The number of nitrogens with one attached hydrogen (secondary N) is 2. The van der Waals surface area contributed by atoms with Crippen LogP contribution in [0.15, 0.2) is 83.8 Å². The Balaban J connectivity index is 1.46. The smallest absolute Gasteiger partial charge is 0.321 e. The van der Waals surface area contributed by atoms with Crippen molar-refractivity contribution in [3.05, 3.63) is 107 Å². The highest BCUT2D eigenvalue weighted by atomic mass is 32.2. The number of nitrogens with zero attached hydrogens (tertiary/aromatic N) is 3. The number of hydrogen-bond acceptors (Lipinski definition) is 6. The quantitative estimate of drug-likeness (QED) is 0.255. The zero-order valence-electron chi connectivity index (χ0n) is 22.0. The second kappa shape index (κ2) is 11.4. The normalized spacial score (nSPS) is 14.3. The first kappa shape index (κ1) is 29.0. The molecule has 1 atom stereocenters. The molecule has 1 aliphatic carbocycles. The third kappa shape index (κ3) is 6.68. The van der Waals surface area contributed by atoms with Crippen LogP contribution in [0.1, 0.15) is 51.8 Å². The molecule has 42 heavy (non-hydrogen) atoms. The minimum Gasteiger partial charge on any atom is -0.321 e. The number of rotatable bonds is 9. The van der Waals surface area contributed by atoms with Crippen LogP contribution in [0.4, 0.5) is 18.9 Å². The first-order chi connectivity index (χ1) is 19.9. The van der Waals surface area contributed by atoms with Gasteiger partial charge in [0.1, 0.15) is 5.69 Å². The van der Waals surface area contributed by atoms with Gasteiger partial charge in [-0.3, -0.25) is 4.79 Å². The number of aromatic nitrogens is 2. The third-order valence-electron chi connectivity index (χ3n) is 6.78. The van der Waals surface area contributed by atoms with Crippen LogP contribution in [-0.2, 0) is 16.2 Å². The fourth-order valence-corrected chi connectivity index (χ4v) is 4.98. The molecule has 1 saturated carbocycles. The van der Waals surface area contributed by atoms with Crippen molar-refractivity contribution in [3.8, 4) is 11.8 Å². The van der Waals surface area contributed by atoms with Crippen molar-refractivity contribution in [2.75, 3.05) is 11.9 Å². The zero-order chi connectivity index (χ0) is 30.1. The average molecular weight is 595 g/mol. The van der Waals surface area contributed by atoms with Gasteiger partial charge in [0.25, 0.3) is 5.91 Å². The Morgan fingerprint density at radius 2 is 1.76 bits per heavy atom. The monoisotopic (exact) mass is 594 g/mol. The molecule has 216 valence electrons. The van der Waals surface area contributed by atoms with Crippen molar-refractivity contribution in [1.29, 1.82) is 5.26 Å². The Kier molecular flexibility index (Phi) is 7.87. The molecule has 0 radical (unpaired) electrons. The summed E-state index contributed by atoms with van der Waals surface area (Å²) in [6.45, 7) is 0.722. The van der Waals surface area contributed by atoms with Crippen LogP contribution in [0.5, 0.6) is 0 Å². The van der Waals surface area contributed by atoms with Crippen molar-refractivity contribution in [3.63, 3.8) is 0 Å². The molecule has 1 amide bonds. The number of halogens is 3. The molecular formula is C29H25F3N6O3S. The SMILES string of the molecule is N#Cc1cccc(-n2nc(C(F)(F)F)cc2C(=O)Nc2cccc(C(NCC3CC3)c3ccc(S(N)(=O)=O)cc3)c2)c1. The molecule has 0 bridgehead atoms. The molecular weight excluding hydrogens is 569 g/mol. The second-order valence-corrected chi connectivity index (χ2v) is 11.5. The predicted molar refractivity (Wildman–Crippen MR) is 148 cm³/mol. The maximum absolute atomic E-state index is 13.6. The number of hydrogen-bond donors (Lipinski definition) is 3. The number of amides is 1. The molecule has 9 nitrogen and oxygen atoms in total. The van der Waals surface area contributed by atoms with Gasteiger partial charge in [-0.1, -0.05) is 30.3 Å². The van der Waals surface area contributed by atoms with Gasteiger partial charge in [0.15, 0.2) is 5.69 Å². The van der Waals surface area contributed by atoms with Crippen molar-refractivity contribution in [2.45, 2.75) is 30.0 Å². The maximum atomic E-state index is 13.6. The number of nitriles is 1. The highest BCUT2D eigenvalue weighted by Crippen LogP contribution is 2.32. The number of alkyl halides is 3. The summed E-state index contributed by atoms with van der Waals surface area (Å²) in [4.78, 5) is 13.3. The van der Waals surface area contributed by atoms with Gasteiger partial charge in [-0.15, -0.1) is 0 Å². The minimum atomic E-state index is -4.80. The van der Waals surface area contributed by atoms with E-state index in [1.54, 1.807) is 30.3 Å². The number of primary sulfonamides is 1. The lowest BCUT2D eigenvalue weighted by molar-refractivity contribution is -0.141. The van der Waals surface area contributed by atoms with E-state index < -0.39 is 27.8 Å². The van der Waals surface area contributed by atoms with Gasteiger partial charge in [-0.05, 0) is 78.9 Å². The van der Waals surface area contributed by atoms with Crippen LogP contribution in [0.25, 0.3) is 5.69 Å². The van der Waals surface area contributed by atoms with E-state index in [0.717, 1.165) is 35.2 Å². The number of carbonyl (C=O) groups is 1. The lowest BCUT2D eigenvalue weighted by Crippen LogP contribution is -2.25. The van der Waals surface area contributed by atoms with Gasteiger partial charge < -0.3 is 10.6 Å². The molecule has 1 fully saturated rings. The summed E-state index contributed by atoms with van der Waals surface area (Å²) in [6, 6.07) is 20.9. The molecule has 13 heteroatoms. The highest BCUT2D eigenvalue weighted by molar-refractivity contribution is 7.89. The van der Waals surface area contributed by atoms with E-state index in [0.29, 0.717) is 17.7 Å². The topological polar surface area (TPSA) is 143 Å². The molecule has 0 spiro atoms. The van der Waals surface area contributed by atoms with Crippen LogP contribution in [0.3, 0.4) is 0 Å². The fraction of sp³-hybridized carbons (Fsp3) is 0.207. The predicted octanol–water partition coefficient (Wildman–Crippen LogP) is 4.75. The Hall–Kier alpha value is -4.51. The van der Waals surface area contributed by atoms with E-state index in [4.69, 9.17) is 5.14 Å². The summed E-state index contributed by atoms with van der Waals surface area (Å²) in [6.07, 6.45) is -2.59. The highest BCUT2D eigenvalue weighted by Gasteiger charge is 2.36. The summed E-state index contributed by atoms with van der Waals surface area (Å²) >= 11 is 0. The molecule has 1 aliphatic rings. The van der Waals surface area contributed by atoms with Gasteiger partial charge in [-0.25, -0.2) is 18.2 Å². The standard InChI is InChI=1S/C29H25F3N6O3S/c30-29(31,32)26-15-25(38(37-26)23-6-1-3-19(13-23)16-33)28(39)36-22-5-2-4-21(14-22)27(35-17-18-7-8-18)20-9-11-24(12-10-20)42(34,40)41/h1-6,9-15,18,27,35H,7-8,17H2,(H,36,39)(H2,34,40,41). The lowest BCUT2D eigenvalue weighted by atomic mass is 9.98. The van der Waals surface area contributed by atoms with Crippen LogP contribution in [-0.4, -0.2) is 30.7 Å².